The van der Waals surface area contributed by atoms with E-state index in [9.17, 15) is 0 Å². The molecular formula is C12H16N2S. The van der Waals surface area contributed by atoms with Crippen molar-refractivity contribution in [2.75, 3.05) is 5.73 Å². The number of pyridine rings is 1. The maximum atomic E-state index is 5.62. The number of nitrogens with one attached hydrogen (secondary N) is 1. The maximum Gasteiger partial charge on any atom is 0.103 e. The van der Waals surface area contributed by atoms with Crippen LogP contribution < -0.4 is 5.73 Å². The summed E-state index contributed by atoms with van der Waals surface area (Å²) in [5.74, 6) is 0. The van der Waals surface area contributed by atoms with Gasteiger partial charge in [0.1, 0.15) is 4.64 Å². The van der Waals surface area contributed by atoms with E-state index in [2.05, 4.69) is 18.8 Å². The van der Waals surface area contributed by atoms with Gasteiger partial charge in [0.15, 0.2) is 0 Å². The summed E-state index contributed by atoms with van der Waals surface area (Å²) in [6, 6.07) is 9.52. The molecule has 1 aromatic carbocycles. The Kier molecular flexibility index (Phi) is 4.31. The second-order valence-corrected chi connectivity index (χ2v) is 3.82. The number of hydrogen-bond donors (Lipinski definition) is 2. The molecule has 1 heterocycles. The van der Waals surface area contributed by atoms with Crippen LogP contribution in [-0.4, -0.2) is 4.98 Å². The molecule has 0 aliphatic carbocycles. The van der Waals surface area contributed by atoms with Crippen LogP contribution in [0, 0.1) is 4.64 Å². The average molecular weight is 220 g/mol. The van der Waals surface area contributed by atoms with Gasteiger partial charge in [0.05, 0.1) is 0 Å². The lowest BCUT2D eigenvalue weighted by Crippen LogP contribution is -1.85. The zero-order valence-electron chi connectivity index (χ0n) is 9.08. The molecule has 0 amide bonds. The highest BCUT2D eigenvalue weighted by Crippen LogP contribution is 2.14. The molecule has 3 heteroatoms. The van der Waals surface area contributed by atoms with E-state index >= 15 is 0 Å². The molecule has 0 aliphatic rings. The number of nitrogens with two attached hydrogens (primary N) is 1. The molecule has 0 radical (unpaired) electrons. The van der Waals surface area contributed by atoms with Gasteiger partial charge in [-0.25, -0.2) is 0 Å². The van der Waals surface area contributed by atoms with E-state index in [4.69, 9.17) is 18.0 Å². The van der Waals surface area contributed by atoms with Crippen LogP contribution >= 0.6 is 12.2 Å². The van der Waals surface area contributed by atoms with E-state index in [1.807, 2.05) is 30.3 Å². The van der Waals surface area contributed by atoms with E-state index in [0.29, 0.717) is 0 Å². The molecule has 0 saturated heterocycles. The lowest BCUT2D eigenvalue weighted by molar-refractivity contribution is 1.09. The molecule has 0 atom stereocenters. The molecule has 15 heavy (non-hydrogen) atoms. The lowest BCUT2D eigenvalue weighted by atomic mass is 10.2. The fourth-order valence-corrected chi connectivity index (χ4v) is 1.35. The van der Waals surface area contributed by atoms with E-state index in [1.54, 1.807) is 0 Å². The molecule has 1 aromatic heterocycles. The Morgan fingerprint density at radius 1 is 1.20 bits per heavy atom. The monoisotopic (exact) mass is 220 g/mol. The largest absolute Gasteiger partial charge is 0.399 e. The fraction of sp³-hybridized carbons (Fsp3) is 0.250. The molecule has 0 saturated carbocycles. The Labute approximate surface area is 95.1 Å². The van der Waals surface area contributed by atoms with Crippen molar-refractivity contribution in [3.8, 4) is 0 Å². The molecule has 0 aliphatic heterocycles. The first-order valence-corrected chi connectivity index (χ1v) is 5.46. The number of aromatic amines is 1. The van der Waals surface area contributed by atoms with Crippen molar-refractivity contribution >= 4 is 28.8 Å². The molecule has 3 N–H and O–H groups in total. The first-order chi connectivity index (χ1) is 7.17. The van der Waals surface area contributed by atoms with Crippen LogP contribution in [0.25, 0.3) is 10.9 Å². The molecule has 0 fully saturated rings. The maximum absolute atomic E-state index is 5.62. The van der Waals surface area contributed by atoms with Gasteiger partial charge >= 0.3 is 0 Å². The minimum Gasteiger partial charge on any atom is -0.399 e. The lowest BCUT2D eigenvalue weighted by Gasteiger charge is -1.98. The fourth-order valence-electron chi connectivity index (χ4n) is 1.17. The van der Waals surface area contributed by atoms with E-state index in [1.165, 1.54) is 6.42 Å². The summed E-state index contributed by atoms with van der Waals surface area (Å²) in [6.45, 7) is 4.25. The topological polar surface area (TPSA) is 41.8 Å². The van der Waals surface area contributed by atoms with Gasteiger partial charge in [0.25, 0.3) is 0 Å². The van der Waals surface area contributed by atoms with Crippen LogP contribution in [0.5, 0.6) is 0 Å². The predicted octanol–water partition coefficient (Wildman–Crippen LogP) is 3.90. The first kappa shape index (κ1) is 11.7. The van der Waals surface area contributed by atoms with Crippen LogP contribution in [-0.2, 0) is 0 Å². The molecule has 80 valence electrons. The summed E-state index contributed by atoms with van der Waals surface area (Å²) in [6.07, 6.45) is 1.25. The smallest absolute Gasteiger partial charge is 0.103 e. The summed E-state index contributed by atoms with van der Waals surface area (Å²) in [4.78, 5) is 3.08. The van der Waals surface area contributed by atoms with Crippen molar-refractivity contribution in [1.29, 1.82) is 0 Å². The summed E-state index contributed by atoms with van der Waals surface area (Å²) in [5.41, 5.74) is 7.42. The van der Waals surface area contributed by atoms with Crippen LogP contribution in [0.3, 0.4) is 0 Å². The van der Waals surface area contributed by atoms with Crippen LogP contribution in [0.2, 0.25) is 0 Å². The minimum atomic E-state index is 0.743. The molecule has 0 unspecified atom stereocenters. The number of anilines is 1. The van der Waals surface area contributed by atoms with E-state index in [0.717, 1.165) is 21.2 Å². The number of H-pyrrole nitrogens is 1. The zero-order valence-corrected chi connectivity index (χ0v) is 9.90. The van der Waals surface area contributed by atoms with Crippen LogP contribution in [0.1, 0.15) is 20.3 Å². The van der Waals surface area contributed by atoms with Gasteiger partial charge in [-0.2, -0.15) is 0 Å². The Hall–Kier alpha value is -1.35. The van der Waals surface area contributed by atoms with Crippen molar-refractivity contribution in [3.63, 3.8) is 0 Å². The number of rotatable bonds is 0. The van der Waals surface area contributed by atoms with Gasteiger partial charge in [0, 0.05) is 16.6 Å². The first-order valence-electron chi connectivity index (χ1n) is 5.06. The number of aromatic nitrogens is 1. The summed E-state index contributed by atoms with van der Waals surface area (Å²) in [7, 11) is 0. The summed E-state index contributed by atoms with van der Waals surface area (Å²) in [5, 5.41) is 1.09. The molecule has 0 bridgehead atoms. The third-order valence-electron chi connectivity index (χ3n) is 1.75. The van der Waals surface area contributed by atoms with Crippen molar-refractivity contribution in [3.05, 3.63) is 35.0 Å². The van der Waals surface area contributed by atoms with Crippen molar-refractivity contribution in [1.82, 2.24) is 4.98 Å². The van der Waals surface area contributed by atoms with Gasteiger partial charge in [-0.3, -0.25) is 0 Å². The van der Waals surface area contributed by atoms with Crippen molar-refractivity contribution < 1.29 is 0 Å². The van der Waals surface area contributed by atoms with E-state index in [-0.39, 0.29) is 0 Å². The average Bonchev–Trinajstić information content (AvgIpc) is 2.20. The third-order valence-corrected chi connectivity index (χ3v) is 1.99. The highest BCUT2D eigenvalue weighted by Gasteiger charge is 1.91. The van der Waals surface area contributed by atoms with Gasteiger partial charge in [-0.1, -0.05) is 32.5 Å². The standard InChI is InChI=1S/C9H8N2S.C3H8/c10-7-2-3-8-6(5-7)1-4-9(12)11-8;1-3-2/h1-5H,10H2,(H,11,12);3H2,1-2H3. The highest BCUT2D eigenvalue weighted by atomic mass is 32.1. The van der Waals surface area contributed by atoms with Gasteiger partial charge in [-0.15, -0.1) is 0 Å². The van der Waals surface area contributed by atoms with Gasteiger partial charge < -0.3 is 10.7 Å². The molecule has 2 nitrogen and oxygen atoms in total. The Morgan fingerprint density at radius 3 is 2.53 bits per heavy atom. The summed E-state index contributed by atoms with van der Waals surface area (Å²) < 4.78 is 0.743. The number of benzene rings is 1. The summed E-state index contributed by atoms with van der Waals surface area (Å²) >= 11 is 4.99. The van der Waals surface area contributed by atoms with Crippen LogP contribution in [0.15, 0.2) is 30.3 Å². The Bertz CT molecular complexity index is 488. The molecule has 2 aromatic rings. The molecule has 0 spiro atoms. The van der Waals surface area contributed by atoms with Crippen molar-refractivity contribution in [2.24, 2.45) is 0 Å². The van der Waals surface area contributed by atoms with Crippen LogP contribution in [0.4, 0.5) is 5.69 Å². The third kappa shape index (κ3) is 3.36. The second kappa shape index (κ2) is 5.51. The Morgan fingerprint density at radius 2 is 1.87 bits per heavy atom. The quantitative estimate of drug-likeness (QED) is 0.522. The van der Waals surface area contributed by atoms with E-state index < -0.39 is 0 Å². The van der Waals surface area contributed by atoms with Gasteiger partial charge in [0.2, 0.25) is 0 Å². The number of nitrogen functional groups attached to an aromatic ring is 1. The normalized spacial score (nSPS) is 9.47. The zero-order chi connectivity index (χ0) is 11.3. The SMILES string of the molecule is CCC.Nc1ccc2[nH]c(=S)ccc2c1. The van der Waals surface area contributed by atoms with Gasteiger partial charge in [-0.05, 0) is 30.3 Å². The molecule has 2 rings (SSSR count). The minimum absolute atomic E-state index is 0.743. The number of hydrogen-bond acceptors (Lipinski definition) is 2. The predicted molar refractivity (Wildman–Crippen MR) is 69.5 cm³/mol. The Balaban J connectivity index is 0.000000337. The molecular weight excluding hydrogens is 204 g/mol. The van der Waals surface area contributed by atoms with Crippen molar-refractivity contribution in [2.45, 2.75) is 20.3 Å². The number of fused-ring (bicyclic) bond motifs is 1. The second-order valence-electron chi connectivity index (χ2n) is 3.38. The highest BCUT2D eigenvalue weighted by molar-refractivity contribution is 7.71.